The summed E-state index contributed by atoms with van der Waals surface area (Å²) in [5, 5.41) is 0. The van der Waals surface area contributed by atoms with Crippen molar-refractivity contribution in [3.05, 3.63) is 90.2 Å². The van der Waals surface area contributed by atoms with Gasteiger partial charge in [0.15, 0.2) is 11.5 Å². The van der Waals surface area contributed by atoms with Crippen molar-refractivity contribution in [3.63, 3.8) is 0 Å². The van der Waals surface area contributed by atoms with Crippen LogP contribution in [0.2, 0.25) is 0 Å². The molecule has 0 fully saturated rings. The highest BCUT2D eigenvalue weighted by atomic mass is 16.6. The maximum Gasteiger partial charge on any atom is 0.282 e. The van der Waals surface area contributed by atoms with Crippen molar-refractivity contribution >= 4 is 12.0 Å². The zero-order valence-corrected chi connectivity index (χ0v) is 17.6. The molecule has 1 aliphatic rings. The van der Waals surface area contributed by atoms with Crippen LogP contribution in [0.1, 0.15) is 31.9 Å². The van der Waals surface area contributed by atoms with Gasteiger partial charge < -0.3 is 9.47 Å². The van der Waals surface area contributed by atoms with Gasteiger partial charge in [0.25, 0.3) is 5.91 Å². The summed E-state index contributed by atoms with van der Waals surface area (Å²) in [5.74, 6) is 0.910. The van der Waals surface area contributed by atoms with E-state index in [9.17, 15) is 4.79 Å². The van der Waals surface area contributed by atoms with Crippen LogP contribution < -0.4 is 20.3 Å². The molecule has 2 N–H and O–H groups in total. The van der Waals surface area contributed by atoms with E-state index in [-0.39, 0.29) is 17.9 Å². The number of nitrogens with one attached hydrogen (secondary N) is 2. The first-order valence-electron chi connectivity index (χ1n) is 9.91. The van der Waals surface area contributed by atoms with Crippen LogP contribution in [-0.2, 0) is 10.2 Å². The summed E-state index contributed by atoms with van der Waals surface area (Å²) in [7, 11) is 0. The molecule has 156 valence electrons. The molecule has 1 amide bonds. The van der Waals surface area contributed by atoms with Crippen molar-refractivity contribution < 1.29 is 14.3 Å². The summed E-state index contributed by atoms with van der Waals surface area (Å²) < 4.78 is 11.6. The van der Waals surface area contributed by atoms with Gasteiger partial charge in [0.1, 0.15) is 6.61 Å². The molecule has 1 atom stereocenters. The summed E-state index contributed by atoms with van der Waals surface area (Å²) in [5.41, 5.74) is 8.16. The van der Waals surface area contributed by atoms with E-state index < -0.39 is 6.10 Å². The van der Waals surface area contributed by atoms with Crippen LogP contribution >= 0.6 is 0 Å². The van der Waals surface area contributed by atoms with E-state index in [0.717, 1.165) is 11.1 Å². The molecule has 1 heterocycles. The predicted molar refractivity (Wildman–Crippen MR) is 120 cm³/mol. The number of hydrazine groups is 1. The first kappa shape index (κ1) is 21.2. The van der Waals surface area contributed by atoms with E-state index in [0.29, 0.717) is 17.2 Å². The van der Waals surface area contributed by atoms with Gasteiger partial charge in [-0.25, -0.2) is 0 Å². The minimum atomic E-state index is -0.741. The van der Waals surface area contributed by atoms with E-state index in [1.54, 1.807) is 6.08 Å². The SMILES string of the molecule is C=C(/C=C/C=C/c1ccccc1)NNC(=O)[C@@H]1COc2ccc(C(C)(C)C)cc2O1. The highest BCUT2D eigenvalue weighted by Gasteiger charge is 2.28. The highest BCUT2D eigenvalue weighted by Crippen LogP contribution is 2.36. The third-order valence-electron chi connectivity index (χ3n) is 4.60. The van der Waals surface area contributed by atoms with Gasteiger partial charge in [-0.15, -0.1) is 0 Å². The molecule has 0 spiro atoms. The maximum atomic E-state index is 12.5. The van der Waals surface area contributed by atoms with Crippen LogP contribution in [-0.4, -0.2) is 18.6 Å². The number of hydrogen-bond donors (Lipinski definition) is 2. The first-order chi connectivity index (χ1) is 14.3. The van der Waals surface area contributed by atoms with Crippen molar-refractivity contribution in [2.24, 2.45) is 0 Å². The fourth-order valence-corrected chi connectivity index (χ4v) is 2.83. The number of allylic oxidation sites excluding steroid dienone is 3. The van der Waals surface area contributed by atoms with Gasteiger partial charge in [0.05, 0.1) is 0 Å². The Morgan fingerprint density at radius 1 is 1.07 bits per heavy atom. The van der Waals surface area contributed by atoms with Crippen LogP contribution in [0.4, 0.5) is 0 Å². The van der Waals surface area contributed by atoms with Crippen LogP contribution in [0.15, 0.2) is 79.0 Å². The first-order valence-corrected chi connectivity index (χ1v) is 9.91. The molecule has 3 rings (SSSR count). The predicted octanol–water partition coefficient (Wildman–Crippen LogP) is 4.53. The van der Waals surface area contributed by atoms with Crippen molar-refractivity contribution in [1.82, 2.24) is 10.9 Å². The molecule has 2 aromatic rings. The molecule has 0 radical (unpaired) electrons. The van der Waals surface area contributed by atoms with Gasteiger partial charge in [-0.1, -0.05) is 82.0 Å². The quantitative estimate of drug-likeness (QED) is 0.549. The molecule has 0 aliphatic carbocycles. The Bertz CT molecular complexity index is 956. The lowest BCUT2D eigenvalue weighted by molar-refractivity contribution is -0.131. The summed E-state index contributed by atoms with van der Waals surface area (Å²) >= 11 is 0. The van der Waals surface area contributed by atoms with Crippen LogP contribution in [0.5, 0.6) is 11.5 Å². The van der Waals surface area contributed by atoms with E-state index >= 15 is 0 Å². The third kappa shape index (κ3) is 5.77. The monoisotopic (exact) mass is 404 g/mol. The lowest BCUT2D eigenvalue weighted by atomic mass is 9.87. The Balaban J connectivity index is 1.50. The summed E-state index contributed by atoms with van der Waals surface area (Å²) in [6.07, 6.45) is 6.77. The third-order valence-corrected chi connectivity index (χ3v) is 4.60. The molecule has 0 aromatic heterocycles. The van der Waals surface area contributed by atoms with E-state index in [1.807, 2.05) is 66.8 Å². The largest absolute Gasteiger partial charge is 0.485 e. The average molecular weight is 405 g/mol. The zero-order chi connectivity index (χ0) is 21.6. The number of fused-ring (bicyclic) bond motifs is 1. The molecule has 0 bridgehead atoms. The smallest absolute Gasteiger partial charge is 0.282 e. The zero-order valence-electron chi connectivity index (χ0n) is 17.6. The number of hydrogen-bond acceptors (Lipinski definition) is 4. The number of ether oxygens (including phenoxy) is 2. The molecule has 2 aromatic carbocycles. The number of rotatable bonds is 6. The van der Waals surface area contributed by atoms with Crippen molar-refractivity contribution in [1.29, 1.82) is 0 Å². The second-order valence-corrected chi connectivity index (χ2v) is 8.10. The normalized spacial score (nSPS) is 15.9. The summed E-state index contributed by atoms with van der Waals surface area (Å²) in [4.78, 5) is 12.5. The number of carbonyl (C=O) groups excluding carboxylic acids is 1. The molecule has 5 nitrogen and oxygen atoms in total. The van der Waals surface area contributed by atoms with Gasteiger partial charge in [0, 0.05) is 5.70 Å². The highest BCUT2D eigenvalue weighted by molar-refractivity contribution is 5.81. The Morgan fingerprint density at radius 3 is 2.57 bits per heavy atom. The van der Waals surface area contributed by atoms with Gasteiger partial charge in [-0.2, -0.15) is 0 Å². The average Bonchev–Trinajstić information content (AvgIpc) is 2.74. The Hall–Kier alpha value is -3.47. The van der Waals surface area contributed by atoms with Crippen LogP contribution in [0.3, 0.4) is 0 Å². The van der Waals surface area contributed by atoms with Gasteiger partial charge in [-0.05, 0) is 34.8 Å². The van der Waals surface area contributed by atoms with Crippen LogP contribution in [0.25, 0.3) is 6.08 Å². The molecule has 0 unspecified atom stereocenters. The Kier molecular flexibility index (Phi) is 6.62. The van der Waals surface area contributed by atoms with Gasteiger partial charge in [0.2, 0.25) is 6.10 Å². The number of carbonyl (C=O) groups is 1. The fraction of sp³-hybridized carbons (Fsp3) is 0.240. The second kappa shape index (κ2) is 9.35. The lowest BCUT2D eigenvalue weighted by Gasteiger charge is -2.28. The van der Waals surface area contributed by atoms with E-state index in [1.165, 1.54) is 0 Å². The van der Waals surface area contributed by atoms with Crippen LogP contribution in [0, 0.1) is 0 Å². The van der Waals surface area contributed by atoms with Gasteiger partial charge >= 0.3 is 0 Å². The Morgan fingerprint density at radius 2 is 1.83 bits per heavy atom. The minimum Gasteiger partial charge on any atom is -0.485 e. The summed E-state index contributed by atoms with van der Waals surface area (Å²) in [6, 6.07) is 15.8. The second-order valence-electron chi connectivity index (χ2n) is 8.10. The molecule has 0 saturated heterocycles. The molecular weight excluding hydrogens is 376 g/mol. The van der Waals surface area contributed by atoms with E-state index in [2.05, 4.69) is 38.2 Å². The molecule has 1 aliphatic heterocycles. The Labute approximate surface area is 178 Å². The van der Waals surface area contributed by atoms with Crippen molar-refractivity contribution in [3.8, 4) is 11.5 Å². The standard InChI is InChI=1S/C25H28N2O3/c1-18(10-8-9-13-19-11-6-5-7-12-19)26-27-24(28)23-17-29-21-15-14-20(25(2,3)4)16-22(21)30-23/h5-16,23,26H,1,17H2,2-4H3,(H,27,28)/b10-8+,13-9+/t23-/m0/s1. The van der Waals surface area contributed by atoms with Crippen molar-refractivity contribution in [2.45, 2.75) is 32.3 Å². The fourth-order valence-electron chi connectivity index (χ4n) is 2.83. The number of benzene rings is 2. The van der Waals surface area contributed by atoms with Gasteiger partial charge in [-0.3, -0.25) is 15.6 Å². The molecule has 30 heavy (non-hydrogen) atoms. The summed E-state index contributed by atoms with van der Waals surface area (Å²) in [6.45, 7) is 10.4. The topological polar surface area (TPSA) is 59.6 Å². The molecule has 0 saturated carbocycles. The minimum absolute atomic E-state index is 0.0197. The van der Waals surface area contributed by atoms with Crippen molar-refractivity contribution in [2.75, 3.05) is 6.61 Å². The number of amides is 1. The molecule has 5 heteroatoms. The van der Waals surface area contributed by atoms with E-state index in [4.69, 9.17) is 9.47 Å². The lowest BCUT2D eigenvalue weighted by Crippen LogP contribution is -2.48. The molecular formula is C25H28N2O3. The maximum absolute atomic E-state index is 12.5.